The molecule has 0 saturated carbocycles. The summed E-state index contributed by atoms with van der Waals surface area (Å²) >= 11 is 0. The second-order valence-corrected chi connectivity index (χ2v) is 4.73. The number of rotatable bonds is 2. The van der Waals surface area contributed by atoms with Crippen LogP contribution in [0, 0.1) is 6.92 Å². The standard InChI is InChI=1S/C13H18N2O2/c1-10-7-5-6-8-11(10)9-14-15-12(16)17-13(2,3)4/h5-9H,1-4H3,(H,15,16)/b14-9-. The van der Waals surface area contributed by atoms with Gasteiger partial charge in [0.2, 0.25) is 0 Å². The van der Waals surface area contributed by atoms with Gasteiger partial charge in [-0.25, -0.2) is 10.2 Å². The highest BCUT2D eigenvalue weighted by Crippen LogP contribution is 2.06. The van der Waals surface area contributed by atoms with E-state index < -0.39 is 11.7 Å². The summed E-state index contributed by atoms with van der Waals surface area (Å²) in [5, 5.41) is 3.84. The summed E-state index contributed by atoms with van der Waals surface area (Å²) in [6, 6.07) is 7.78. The molecule has 0 aliphatic heterocycles. The van der Waals surface area contributed by atoms with Crippen molar-refractivity contribution >= 4 is 12.3 Å². The molecule has 0 spiro atoms. The fourth-order valence-corrected chi connectivity index (χ4v) is 1.19. The van der Waals surface area contributed by atoms with Crippen LogP contribution in [0.1, 0.15) is 31.9 Å². The van der Waals surface area contributed by atoms with Gasteiger partial charge in [-0.2, -0.15) is 5.10 Å². The van der Waals surface area contributed by atoms with Crippen LogP contribution in [0.3, 0.4) is 0 Å². The first-order valence-electron chi connectivity index (χ1n) is 5.46. The number of hydrogen-bond acceptors (Lipinski definition) is 3. The third-order valence-electron chi connectivity index (χ3n) is 1.95. The van der Waals surface area contributed by atoms with E-state index in [1.807, 2.05) is 31.2 Å². The largest absolute Gasteiger partial charge is 0.443 e. The Morgan fingerprint density at radius 3 is 2.59 bits per heavy atom. The fraction of sp³-hybridized carbons (Fsp3) is 0.385. The van der Waals surface area contributed by atoms with Crippen LogP contribution >= 0.6 is 0 Å². The second kappa shape index (κ2) is 5.48. The lowest BCUT2D eigenvalue weighted by Gasteiger charge is -2.18. The Balaban J connectivity index is 2.51. The Morgan fingerprint density at radius 1 is 1.35 bits per heavy atom. The molecule has 1 aromatic rings. The molecule has 0 unspecified atom stereocenters. The van der Waals surface area contributed by atoms with Gasteiger partial charge in [0.1, 0.15) is 5.60 Å². The maximum atomic E-state index is 11.3. The van der Waals surface area contributed by atoms with Gasteiger partial charge in [0, 0.05) is 0 Å². The average molecular weight is 234 g/mol. The summed E-state index contributed by atoms with van der Waals surface area (Å²) in [5.74, 6) is 0. The lowest BCUT2D eigenvalue weighted by molar-refractivity contribution is 0.0529. The summed E-state index contributed by atoms with van der Waals surface area (Å²) < 4.78 is 5.04. The van der Waals surface area contributed by atoms with Gasteiger partial charge in [-0.05, 0) is 38.8 Å². The van der Waals surface area contributed by atoms with Crippen LogP contribution in [-0.4, -0.2) is 17.9 Å². The Labute approximate surface area is 102 Å². The van der Waals surface area contributed by atoms with Crippen molar-refractivity contribution in [3.8, 4) is 0 Å². The normalized spacial score (nSPS) is 11.5. The number of carbonyl (C=O) groups is 1. The molecule has 0 fully saturated rings. The zero-order valence-electron chi connectivity index (χ0n) is 10.7. The van der Waals surface area contributed by atoms with Crippen molar-refractivity contribution < 1.29 is 9.53 Å². The first kappa shape index (κ1) is 13.2. The van der Waals surface area contributed by atoms with Crippen molar-refractivity contribution in [2.75, 3.05) is 0 Å². The summed E-state index contributed by atoms with van der Waals surface area (Å²) in [5.41, 5.74) is 3.87. The van der Waals surface area contributed by atoms with E-state index in [-0.39, 0.29) is 0 Å². The fourth-order valence-electron chi connectivity index (χ4n) is 1.19. The van der Waals surface area contributed by atoms with Crippen LogP contribution in [-0.2, 0) is 4.74 Å². The molecular weight excluding hydrogens is 216 g/mol. The van der Waals surface area contributed by atoms with E-state index >= 15 is 0 Å². The number of benzene rings is 1. The minimum absolute atomic E-state index is 0.512. The minimum Gasteiger partial charge on any atom is -0.443 e. The van der Waals surface area contributed by atoms with Crippen LogP contribution in [0.2, 0.25) is 0 Å². The monoisotopic (exact) mass is 234 g/mol. The number of carbonyl (C=O) groups excluding carboxylic acids is 1. The maximum Gasteiger partial charge on any atom is 0.428 e. The molecule has 1 aromatic carbocycles. The highest BCUT2D eigenvalue weighted by molar-refractivity contribution is 5.82. The van der Waals surface area contributed by atoms with E-state index in [1.54, 1.807) is 27.0 Å². The highest BCUT2D eigenvalue weighted by Gasteiger charge is 2.15. The first-order chi connectivity index (χ1) is 7.88. The number of ether oxygens (including phenoxy) is 1. The van der Waals surface area contributed by atoms with Crippen LogP contribution in [0.25, 0.3) is 0 Å². The SMILES string of the molecule is Cc1ccccc1/C=N\NC(=O)OC(C)(C)C. The number of amides is 1. The zero-order valence-corrected chi connectivity index (χ0v) is 10.7. The zero-order chi connectivity index (χ0) is 12.9. The Bertz CT molecular complexity index is 420. The molecule has 92 valence electrons. The van der Waals surface area contributed by atoms with Gasteiger partial charge in [0.15, 0.2) is 0 Å². The molecule has 0 aliphatic rings. The molecule has 0 saturated heterocycles. The van der Waals surface area contributed by atoms with E-state index in [9.17, 15) is 4.79 Å². The third kappa shape index (κ3) is 5.15. The van der Waals surface area contributed by atoms with Gasteiger partial charge in [-0.1, -0.05) is 24.3 Å². The minimum atomic E-state index is -0.553. The van der Waals surface area contributed by atoms with E-state index in [0.717, 1.165) is 11.1 Å². The van der Waals surface area contributed by atoms with Crippen molar-refractivity contribution in [1.82, 2.24) is 5.43 Å². The van der Waals surface area contributed by atoms with Crippen LogP contribution < -0.4 is 5.43 Å². The third-order valence-corrected chi connectivity index (χ3v) is 1.95. The van der Waals surface area contributed by atoms with Gasteiger partial charge in [-0.15, -0.1) is 0 Å². The summed E-state index contributed by atoms with van der Waals surface area (Å²) in [6.45, 7) is 7.39. The van der Waals surface area contributed by atoms with E-state index in [4.69, 9.17) is 4.74 Å². The molecule has 0 heterocycles. The molecule has 1 N–H and O–H groups in total. The Morgan fingerprint density at radius 2 is 2.00 bits per heavy atom. The van der Waals surface area contributed by atoms with E-state index in [2.05, 4.69) is 10.5 Å². The van der Waals surface area contributed by atoms with Crippen LogP contribution in [0.4, 0.5) is 4.79 Å². The topological polar surface area (TPSA) is 50.7 Å². The van der Waals surface area contributed by atoms with Crippen molar-refractivity contribution in [3.05, 3.63) is 35.4 Å². The number of nitrogens with one attached hydrogen (secondary N) is 1. The van der Waals surface area contributed by atoms with Gasteiger partial charge >= 0.3 is 6.09 Å². The summed E-state index contributed by atoms with van der Waals surface area (Å²) in [7, 11) is 0. The van der Waals surface area contributed by atoms with Gasteiger partial charge in [0.25, 0.3) is 0 Å². The highest BCUT2D eigenvalue weighted by atomic mass is 16.6. The Kier molecular flexibility index (Phi) is 4.26. The van der Waals surface area contributed by atoms with Crippen molar-refractivity contribution in [3.63, 3.8) is 0 Å². The molecule has 17 heavy (non-hydrogen) atoms. The predicted molar refractivity (Wildman–Crippen MR) is 68.1 cm³/mol. The molecule has 0 aromatic heterocycles. The number of hydrazone groups is 1. The predicted octanol–water partition coefficient (Wildman–Crippen LogP) is 2.85. The van der Waals surface area contributed by atoms with E-state index in [1.165, 1.54) is 0 Å². The molecule has 0 aliphatic carbocycles. The van der Waals surface area contributed by atoms with Crippen molar-refractivity contribution in [2.45, 2.75) is 33.3 Å². The van der Waals surface area contributed by atoms with Crippen molar-refractivity contribution in [1.29, 1.82) is 0 Å². The van der Waals surface area contributed by atoms with Crippen LogP contribution in [0.5, 0.6) is 0 Å². The molecule has 0 radical (unpaired) electrons. The molecule has 4 nitrogen and oxygen atoms in total. The quantitative estimate of drug-likeness (QED) is 0.632. The lowest BCUT2D eigenvalue weighted by Crippen LogP contribution is -2.29. The van der Waals surface area contributed by atoms with Gasteiger partial charge in [-0.3, -0.25) is 0 Å². The molecule has 0 bridgehead atoms. The lowest BCUT2D eigenvalue weighted by atomic mass is 10.1. The second-order valence-electron chi connectivity index (χ2n) is 4.73. The van der Waals surface area contributed by atoms with Crippen LogP contribution in [0.15, 0.2) is 29.4 Å². The molecule has 4 heteroatoms. The molecule has 1 amide bonds. The smallest absolute Gasteiger partial charge is 0.428 e. The van der Waals surface area contributed by atoms with Gasteiger partial charge < -0.3 is 4.74 Å². The molecule has 0 atom stereocenters. The summed E-state index contributed by atoms with van der Waals surface area (Å²) in [4.78, 5) is 11.3. The Hall–Kier alpha value is -1.84. The number of nitrogens with zero attached hydrogens (tertiary/aromatic N) is 1. The van der Waals surface area contributed by atoms with Gasteiger partial charge in [0.05, 0.1) is 6.21 Å². The molecular formula is C13H18N2O2. The summed E-state index contributed by atoms with van der Waals surface area (Å²) in [6.07, 6.45) is 1.04. The first-order valence-corrected chi connectivity index (χ1v) is 5.46. The number of hydrogen-bond donors (Lipinski definition) is 1. The average Bonchev–Trinajstić information content (AvgIpc) is 2.18. The maximum absolute atomic E-state index is 11.3. The number of aryl methyl sites for hydroxylation is 1. The van der Waals surface area contributed by atoms with Crippen molar-refractivity contribution in [2.24, 2.45) is 5.10 Å². The molecule has 1 rings (SSSR count). The van der Waals surface area contributed by atoms with E-state index in [0.29, 0.717) is 0 Å².